The van der Waals surface area contributed by atoms with Crippen LogP contribution in [-0.4, -0.2) is 50.3 Å². The molecule has 3 aromatic rings. The summed E-state index contributed by atoms with van der Waals surface area (Å²) in [6, 6.07) is 16.3. The van der Waals surface area contributed by atoms with Gasteiger partial charge in [-0.15, -0.1) is 0 Å². The van der Waals surface area contributed by atoms with Crippen molar-refractivity contribution in [3.05, 3.63) is 65.9 Å². The van der Waals surface area contributed by atoms with Crippen molar-refractivity contribution in [3.8, 4) is 0 Å². The number of anilines is 1. The Morgan fingerprint density at radius 2 is 1.66 bits per heavy atom. The summed E-state index contributed by atoms with van der Waals surface area (Å²) in [4.78, 5) is 24.9. The zero-order valence-corrected chi connectivity index (χ0v) is 19.1. The number of halogens is 2. The number of carboxylic acids is 1. The third-order valence-corrected chi connectivity index (χ3v) is 5.38. The Morgan fingerprint density at radius 1 is 1.00 bits per heavy atom. The summed E-state index contributed by atoms with van der Waals surface area (Å²) in [6.45, 7) is 1.27. The van der Waals surface area contributed by atoms with Gasteiger partial charge >= 0.3 is 5.97 Å². The number of aromatic carboxylic acids is 1. The minimum Gasteiger partial charge on any atom is -0.477 e. The third-order valence-electron chi connectivity index (χ3n) is 4.67. The SMILES string of the molecule is Cn1c(C(=O)O)cc2cc(N(C(=O)c3ccccc3)N(CCBr)CCBr)ccc21. The van der Waals surface area contributed by atoms with Crippen LogP contribution in [0.25, 0.3) is 10.9 Å². The maximum atomic E-state index is 13.4. The van der Waals surface area contributed by atoms with Crippen LogP contribution in [-0.2, 0) is 7.05 Å². The fourth-order valence-electron chi connectivity index (χ4n) is 3.29. The molecule has 1 amide bonds. The molecule has 8 heteroatoms. The van der Waals surface area contributed by atoms with E-state index >= 15 is 0 Å². The van der Waals surface area contributed by atoms with Gasteiger partial charge in [0.15, 0.2) is 0 Å². The highest BCUT2D eigenvalue weighted by Crippen LogP contribution is 2.27. The van der Waals surface area contributed by atoms with Crippen LogP contribution in [0.1, 0.15) is 20.8 Å². The highest BCUT2D eigenvalue weighted by molar-refractivity contribution is 9.09. The topological polar surface area (TPSA) is 65.8 Å². The van der Waals surface area contributed by atoms with Crippen LogP contribution in [0.5, 0.6) is 0 Å². The molecule has 0 aliphatic carbocycles. The molecule has 0 aliphatic rings. The normalized spacial score (nSPS) is 11.2. The first-order chi connectivity index (χ1) is 14.0. The van der Waals surface area contributed by atoms with E-state index in [1.807, 2.05) is 41.4 Å². The number of benzene rings is 2. The van der Waals surface area contributed by atoms with E-state index in [0.717, 1.165) is 10.9 Å². The fourth-order valence-corrected chi connectivity index (χ4v) is 4.11. The van der Waals surface area contributed by atoms with Crippen LogP contribution < -0.4 is 5.01 Å². The first kappa shape index (κ1) is 21.5. The predicted octanol–water partition coefficient (Wildman–Crippen LogP) is 4.53. The van der Waals surface area contributed by atoms with Crippen molar-refractivity contribution in [1.29, 1.82) is 0 Å². The Kier molecular flexibility index (Phi) is 7.10. The summed E-state index contributed by atoms with van der Waals surface area (Å²) in [6.07, 6.45) is 0. The van der Waals surface area contributed by atoms with Crippen molar-refractivity contribution in [3.63, 3.8) is 0 Å². The molecular weight excluding hydrogens is 502 g/mol. The first-order valence-electron chi connectivity index (χ1n) is 9.07. The molecule has 6 nitrogen and oxygen atoms in total. The van der Waals surface area contributed by atoms with Gasteiger partial charge in [-0.2, -0.15) is 0 Å². The number of aromatic nitrogens is 1. The average molecular weight is 523 g/mol. The number of nitrogens with zero attached hydrogens (tertiary/aromatic N) is 3. The largest absolute Gasteiger partial charge is 0.477 e. The lowest BCUT2D eigenvalue weighted by Crippen LogP contribution is -2.48. The van der Waals surface area contributed by atoms with Crippen molar-refractivity contribution in [2.45, 2.75) is 0 Å². The Morgan fingerprint density at radius 3 is 2.24 bits per heavy atom. The van der Waals surface area contributed by atoms with Gasteiger partial charge in [-0.1, -0.05) is 50.1 Å². The lowest BCUT2D eigenvalue weighted by Gasteiger charge is -2.34. The molecule has 0 aliphatic heterocycles. The van der Waals surface area contributed by atoms with Crippen LogP contribution in [0.15, 0.2) is 54.6 Å². The monoisotopic (exact) mass is 521 g/mol. The number of amides is 1. The van der Waals surface area contributed by atoms with Gasteiger partial charge in [0.1, 0.15) is 5.69 Å². The van der Waals surface area contributed by atoms with Crippen molar-refractivity contribution in [2.24, 2.45) is 7.05 Å². The lowest BCUT2D eigenvalue weighted by molar-refractivity contribution is 0.0686. The second-order valence-corrected chi connectivity index (χ2v) is 8.04. The number of hydrogen-bond donors (Lipinski definition) is 1. The number of carbonyl (C=O) groups is 2. The van der Waals surface area contributed by atoms with Crippen LogP contribution >= 0.6 is 31.9 Å². The van der Waals surface area contributed by atoms with Crippen molar-refractivity contribution in [1.82, 2.24) is 9.58 Å². The minimum atomic E-state index is -0.984. The summed E-state index contributed by atoms with van der Waals surface area (Å²) in [5.41, 5.74) is 2.28. The standard InChI is InChI=1S/C21H21Br2N3O3/c1-24-18-8-7-17(13-16(18)14-19(24)21(28)29)26(25(11-9-22)12-10-23)20(27)15-5-3-2-4-6-15/h2-8,13-14H,9-12H2,1H3,(H,28,29). The summed E-state index contributed by atoms with van der Waals surface area (Å²) in [7, 11) is 1.72. The summed E-state index contributed by atoms with van der Waals surface area (Å²) in [5, 5.41) is 15.2. The smallest absolute Gasteiger partial charge is 0.352 e. The Hall–Kier alpha value is -2.16. The highest BCUT2D eigenvalue weighted by Gasteiger charge is 2.25. The molecule has 0 bridgehead atoms. The number of hydrazine groups is 1. The number of carbonyl (C=O) groups excluding carboxylic acids is 1. The van der Waals surface area contributed by atoms with Gasteiger partial charge in [0.05, 0.1) is 5.69 Å². The molecule has 29 heavy (non-hydrogen) atoms. The molecule has 1 heterocycles. The summed E-state index contributed by atoms with van der Waals surface area (Å²) in [5.74, 6) is -1.12. The Bertz CT molecular complexity index is 1010. The maximum Gasteiger partial charge on any atom is 0.352 e. The second-order valence-electron chi connectivity index (χ2n) is 6.45. The van der Waals surface area contributed by atoms with Gasteiger partial charge in [-0.05, 0) is 36.4 Å². The number of fused-ring (bicyclic) bond motifs is 1. The zero-order chi connectivity index (χ0) is 21.0. The van der Waals surface area contributed by atoms with Gasteiger partial charge in [-0.3, -0.25) is 4.79 Å². The fraction of sp³-hybridized carbons (Fsp3) is 0.238. The molecule has 1 aromatic heterocycles. The van der Waals surface area contributed by atoms with Crippen molar-refractivity contribution < 1.29 is 14.7 Å². The second kappa shape index (κ2) is 9.56. The number of aryl methyl sites for hydroxylation is 1. The number of alkyl halides is 2. The Labute approximate surface area is 185 Å². The van der Waals surface area contributed by atoms with Crippen LogP contribution in [0.2, 0.25) is 0 Å². The molecule has 3 rings (SSSR count). The molecule has 0 atom stereocenters. The molecule has 0 saturated carbocycles. The van der Waals surface area contributed by atoms with E-state index in [9.17, 15) is 14.7 Å². The third kappa shape index (κ3) is 4.55. The Balaban J connectivity index is 2.11. The summed E-state index contributed by atoms with van der Waals surface area (Å²) < 4.78 is 1.64. The molecule has 0 radical (unpaired) electrons. The predicted molar refractivity (Wildman–Crippen MR) is 122 cm³/mol. The molecule has 0 fully saturated rings. The van der Waals surface area contributed by atoms with Gasteiger partial charge < -0.3 is 9.67 Å². The van der Waals surface area contributed by atoms with E-state index in [4.69, 9.17) is 0 Å². The van der Waals surface area contributed by atoms with E-state index in [1.165, 1.54) is 0 Å². The molecule has 2 aromatic carbocycles. The van der Waals surface area contributed by atoms with E-state index in [2.05, 4.69) is 31.9 Å². The molecule has 1 N–H and O–H groups in total. The van der Waals surface area contributed by atoms with Crippen molar-refractivity contribution in [2.75, 3.05) is 28.8 Å². The number of carboxylic acid groups (broad SMARTS) is 1. The highest BCUT2D eigenvalue weighted by atomic mass is 79.9. The molecule has 0 spiro atoms. The van der Waals surface area contributed by atoms with Gasteiger partial charge in [0.2, 0.25) is 0 Å². The summed E-state index contributed by atoms with van der Waals surface area (Å²) >= 11 is 6.94. The quantitative estimate of drug-likeness (QED) is 0.348. The van der Waals surface area contributed by atoms with Gasteiger partial charge in [-0.25, -0.2) is 14.8 Å². The van der Waals surface area contributed by atoms with E-state index in [1.54, 1.807) is 34.8 Å². The molecule has 0 unspecified atom stereocenters. The number of hydrogen-bond acceptors (Lipinski definition) is 3. The average Bonchev–Trinajstić information content (AvgIpc) is 3.05. The molecular formula is C21H21Br2N3O3. The van der Waals surface area contributed by atoms with E-state index in [0.29, 0.717) is 35.0 Å². The van der Waals surface area contributed by atoms with E-state index < -0.39 is 5.97 Å². The van der Waals surface area contributed by atoms with E-state index in [-0.39, 0.29) is 11.6 Å². The zero-order valence-electron chi connectivity index (χ0n) is 15.9. The molecule has 0 saturated heterocycles. The lowest BCUT2D eigenvalue weighted by atomic mass is 10.1. The van der Waals surface area contributed by atoms with Crippen LogP contribution in [0.3, 0.4) is 0 Å². The van der Waals surface area contributed by atoms with Crippen molar-refractivity contribution >= 4 is 60.3 Å². The van der Waals surface area contributed by atoms with Gasteiger partial charge in [0.25, 0.3) is 5.91 Å². The van der Waals surface area contributed by atoms with Crippen LogP contribution in [0.4, 0.5) is 5.69 Å². The number of rotatable bonds is 8. The first-order valence-corrected chi connectivity index (χ1v) is 11.3. The molecule has 152 valence electrons. The minimum absolute atomic E-state index is 0.138. The maximum absolute atomic E-state index is 13.4. The van der Waals surface area contributed by atoms with Crippen LogP contribution in [0, 0.1) is 0 Å². The van der Waals surface area contributed by atoms with Gasteiger partial charge in [0, 0.05) is 47.3 Å².